The van der Waals surface area contributed by atoms with Crippen molar-refractivity contribution >= 4 is 33.4 Å². The quantitative estimate of drug-likeness (QED) is 0.468. The van der Waals surface area contributed by atoms with Crippen LogP contribution in [0.3, 0.4) is 0 Å². The van der Waals surface area contributed by atoms with E-state index in [1.54, 1.807) is 23.5 Å². The van der Waals surface area contributed by atoms with Gasteiger partial charge in [-0.15, -0.1) is 11.3 Å². The summed E-state index contributed by atoms with van der Waals surface area (Å²) in [4.78, 5) is 29.8. The molecule has 6 heteroatoms. The standard InChI is InChI=1S/C24H21N3O2S/c28-22(25-16-23-26-19-13-7-8-14-21(19)30-23)15-20(17-9-3-1-4-10-17)27-24(29)18-11-5-2-6-12-18/h1-14,20H,15-16H2,(H,25,28)(H,27,29)/t20-/m0/s1. The van der Waals surface area contributed by atoms with E-state index < -0.39 is 6.04 Å². The monoisotopic (exact) mass is 415 g/mol. The fraction of sp³-hybridized carbons (Fsp3) is 0.125. The molecule has 0 radical (unpaired) electrons. The fourth-order valence-corrected chi connectivity index (χ4v) is 4.10. The van der Waals surface area contributed by atoms with Gasteiger partial charge in [0.05, 0.1) is 29.2 Å². The Morgan fingerprint density at radius 3 is 2.27 bits per heavy atom. The molecule has 1 atom stereocenters. The number of amides is 2. The van der Waals surface area contributed by atoms with Crippen molar-refractivity contribution in [3.05, 3.63) is 101 Å². The molecular weight excluding hydrogens is 394 g/mol. The van der Waals surface area contributed by atoms with Gasteiger partial charge in [-0.1, -0.05) is 60.7 Å². The molecule has 0 fully saturated rings. The lowest BCUT2D eigenvalue weighted by atomic mass is 10.0. The van der Waals surface area contributed by atoms with Crippen LogP contribution in [-0.2, 0) is 11.3 Å². The smallest absolute Gasteiger partial charge is 0.251 e. The van der Waals surface area contributed by atoms with E-state index in [1.807, 2.05) is 72.8 Å². The molecule has 0 saturated carbocycles. The van der Waals surface area contributed by atoms with Gasteiger partial charge in [0.1, 0.15) is 5.01 Å². The van der Waals surface area contributed by atoms with Gasteiger partial charge in [0, 0.05) is 5.56 Å². The molecule has 0 spiro atoms. The molecule has 1 aromatic heterocycles. The number of thiazole rings is 1. The number of carbonyl (C=O) groups is 2. The Balaban J connectivity index is 1.43. The van der Waals surface area contributed by atoms with Gasteiger partial charge in [0.2, 0.25) is 5.91 Å². The van der Waals surface area contributed by atoms with E-state index in [4.69, 9.17) is 0 Å². The number of nitrogens with zero attached hydrogens (tertiary/aromatic N) is 1. The zero-order valence-corrected chi connectivity index (χ0v) is 17.1. The molecular formula is C24H21N3O2S. The molecule has 2 amide bonds. The van der Waals surface area contributed by atoms with Crippen LogP contribution in [0, 0.1) is 0 Å². The summed E-state index contributed by atoms with van der Waals surface area (Å²) in [5.41, 5.74) is 2.38. The summed E-state index contributed by atoms with van der Waals surface area (Å²) in [6.45, 7) is 0.367. The van der Waals surface area contributed by atoms with Crippen LogP contribution < -0.4 is 10.6 Å². The number of hydrogen-bond acceptors (Lipinski definition) is 4. The minimum absolute atomic E-state index is 0.142. The Morgan fingerprint density at radius 2 is 1.53 bits per heavy atom. The number of aromatic nitrogens is 1. The summed E-state index contributed by atoms with van der Waals surface area (Å²) >= 11 is 1.57. The minimum Gasteiger partial charge on any atom is -0.350 e. The molecule has 150 valence electrons. The highest BCUT2D eigenvalue weighted by Gasteiger charge is 2.19. The van der Waals surface area contributed by atoms with Gasteiger partial charge >= 0.3 is 0 Å². The van der Waals surface area contributed by atoms with Gasteiger partial charge < -0.3 is 10.6 Å². The van der Waals surface area contributed by atoms with Crippen molar-refractivity contribution in [2.45, 2.75) is 19.0 Å². The van der Waals surface area contributed by atoms with Gasteiger partial charge in [-0.3, -0.25) is 9.59 Å². The third kappa shape index (κ3) is 4.90. The number of fused-ring (bicyclic) bond motifs is 1. The van der Waals surface area contributed by atoms with Crippen LogP contribution in [0.5, 0.6) is 0 Å². The van der Waals surface area contributed by atoms with Crippen molar-refractivity contribution in [3.63, 3.8) is 0 Å². The number of rotatable bonds is 7. The molecule has 5 nitrogen and oxygen atoms in total. The summed E-state index contributed by atoms with van der Waals surface area (Å²) in [5, 5.41) is 6.77. The van der Waals surface area contributed by atoms with E-state index in [1.165, 1.54) is 0 Å². The van der Waals surface area contributed by atoms with E-state index >= 15 is 0 Å². The Labute approximate surface area is 178 Å². The molecule has 0 unspecified atom stereocenters. The van der Waals surface area contributed by atoms with Crippen molar-refractivity contribution in [2.75, 3.05) is 0 Å². The highest BCUT2D eigenvalue weighted by atomic mass is 32.1. The molecule has 0 saturated heterocycles. The SMILES string of the molecule is O=C(C[C@H](NC(=O)c1ccccc1)c1ccccc1)NCc1nc2ccccc2s1. The number of hydrogen-bond donors (Lipinski definition) is 2. The van der Waals surface area contributed by atoms with Gasteiger partial charge in [-0.25, -0.2) is 4.98 Å². The maximum atomic E-state index is 12.6. The highest BCUT2D eigenvalue weighted by molar-refractivity contribution is 7.18. The summed E-state index contributed by atoms with van der Waals surface area (Å²) in [5.74, 6) is -0.347. The average Bonchev–Trinajstić information content (AvgIpc) is 3.21. The maximum absolute atomic E-state index is 12.6. The molecule has 3 aromatic carbocycles. The molecule has 4 aromatic rings. The summed E-state index contributed by atoms with van der Waals surface area (Å²) < 4.78 is 1.10. The summed E-state index contributed by atoms with van der Waals surface area (Å²) in [6, 6.07) is 26.0. The van der Waals surface area contributed by atoms with E-state index in [2.05, 4.69) is 15.6 Å². The predicted molar refractivity (Wildman–Crippen MR) is 119 cm³/mol. The van der Waals surface area contributed by atoms with E-state index in [9.17, 15) is 9.59 Å². The highest BCUT2D eigenvalue weighted by Crippen LogP contribution is 2.22. The third-order valence-corrected chi connectivity index (χ3v) is 5.74. The molecule has 30 heavy (non-hydrogen) atoms. The van der Waals surface area contributed by atoms with Gasteiger partial charge in [0.15, 0.2) is 0 Å². The molecule has 1 heterocycles. The molecule has 0 aliphatic rings. The fourth-order valence-electron chi connectivity index (χ4n) is 3.20. The lowest BCUT2D eigenvalue weighted by Crippen LogP contribution is -2.33. The Bertz CT molecular complexity index is 1110. The second kappa shape index (κ2) is 9.33. The first-order valence-electron chi connectivity index (χ1n) is 9.71. The molecule has 0 bridgehead atoms. The van der Waals surface area contributed by atoms with Crippen molar-refractivity contribution in [1.29, 1.82) is 0 Å². The average molecular weight is 416 g/mol. The largest absolute Gasteiger partial charge is 0.350 e. The summed E-state index contributed by atoms with van der Waals surface area (Å²) in [6.07, 6.45) is 0.146. The lowest BCUT2D eigenvalue weighted by Gasteiger charge is -2.19. The number of benzene rings is 3. The molecule has 0 aliphatic carbocycles. The Hall–Kier alpha value is -3.51. The normalized spacial score (nSPS) is 11.7. The van der Waals surface area contributed by atoms with Crippen molar-refractivity contribution in [1.82, 2.24) is 15.6 Å². The van der Waals surface area contributed by atoms with Crippen LogP contribution in [0.1, 0.15) is 33.4 Å². The van der Waals surface area contributed by atoms with Gasteiger partial charge in [-0.05, 0) is 29.8 Å². The van der Waals surface area contributed by atoms with E-state index in [0.717, 1.165) is 20.8 Å². The predicted octanol–water partition coefficient (Wildman–Crippen LogP) is 4.47. The van der Waals surface area contributed by atoms with Crippen molar-refractivity contribution in [2.24, 2.45) is 0 Å². The minimum atomic E-state index is -0.422. The van der Waals surface area contributed by atoms with Gasteiger partial charge in [-0.2, -0.15) is 0 Å². The van der Waals surface area contributed by atoms with Crippen LogP contribution >= 0.6 is 11.3 Å². The summed E-state index contributed by atoms with van der Waals surface area (Å²) in [7, 11) is 0. The van der Waals surface area contributed by atoms with Crippen molar-refractivity contribution in [3.8, 4) is 0 Å². The zero-order valence-electron chi connectivity index (χ0n) is 16.2. The van der Waals surface area contributed by atoms with E-state index in [0.29, 0.717) is 12.1 Å². The first kappa shape index (κ1) is 19.8. The number of para-hydroxylation sites is 1. The Morgan fingerprint density at radius 1 is 0.867 bits per heavy atom. The van der Waals surface area contributed by atoms with Crippen LogP contribution in [0.4, 0.5) is 0 Å². The van der Waals surface area contributed by atoms with Crippen LogP contribution in [0.15, 0.2) is 84.9 Å². The molecule has 4 rings (SSSR count). The number of nitrogens with one attached hydrogen (secondary N) is 2. The van der Waals surface area contributed by atoms with Crippen molar-refractivity contribution < 1.29 is 9.59 Å². The second-order valence-electron chi connectivity index (χ2n) is 6.86. The van der Waals surface area contributed by atoms with Crippen LogP contribution in [-0.4, -0.2) is 16.8 Å². The first-order chi connectivity index (χ1) is 14.7. The number of carbonyl (C=O) groups excluding carboxylic acids is 2. The molecule has 0 aliphatic heterocycles. The van der Waals surface area contributed by atoms with Crippen LogP contribution in [0.2, 0.25) is 0 Å². The Kier molecular flexibility index (Phi) is 6.15. The van der Waals surface area contributed by atoms with Crippen LogP contribution in [0.25, 0.3) is 10.2 Å². The third-order valence-electron chi connectivity index (χ3n) is 4.71. The first-order valence-corrected chi connectivity index (χ1v) is 10.5. The zero-order chi connectivity index (χ0) is 20.8. The van der Waals surface area contributed by atoms with E-state index in [-0.39, 0.29) is 18.2 Å². The maximum Gasteiger partial charge on any atom is 0.251 e. The second-order valence-corrected chi connectivity index (χ2v) is 7.97. The lowest BCUT2D eigenvalue weighted by molar-refractivity contribution is -0.121. The van der Waals surface area contributed by atoms with Gasteiger partial charge in [0.25, 0.3) is 5.91 Å². The topological polar surface area (TPSA) is 71.1 Å². The molecule has 2 N–H and O–H groups in total.